The third-order valence-electron chi connectivity index (χ3n) is 1.56. The molecular weight excluding hydrogens is 238 g/mol. The van der Waals surface area contributed by atoms with E-state index >= 15 is 0 Å². The summed E-state index contributed by atoms with van der Waals surface area (Å²) in [5, 5.41) is 4.49. The summed E-state index contributed by atoms with van der Waals surface area (Å²) in [6.07, 6.45) is -4.97. The molecular formula is C7H5F4NO2S. The first-order chi connectivity index (χ1) is 6.64. The summed E-state index contributed by atoms with van der Waals surface area (Å²) in [6, 6.07) is 1.80. The molecule has 84 valence electrons. The van der Waals surface area contributed by atoms with Crippen LogP contribution in [0.4, 0.5) is 17.6 Å². The lowest BCUT2D eigenvalue weighted by molar-refractivity contribution is -0.140. The lowest BCUT2D eigenvalue weighted by Gasteiger charge is -2.11. The second-order valence-electron chi connectivity index (χ2n) is 2.66. The topological polar surface area (TPSA) is 60.2 Å². The Balaban J connectivity index is 3.63. The highest BCUT2D eigenvalue weighted by Crippen LogP contribution is 2.34. The van der Waals surface area contributed by atoms with Gasteiger partial charge in [-0.25, -0.2) is 17.9 Å². The summed E-state index contributed by atoms with van der Waals surface area (Å²) in [4.78, 5) is -1.53. The van der Waals surface area contributed by atoms with Gasteiger partial charge in [-0.1, -0.05) is 6.07 Å². The van der Waals surface area contributed by atoms with E-state index in [2.05, 4.69) is 5.14 Å². The second-order valence-corrected chi connectivity index (χ2v) is 4.16. The molecule has 0 bridgehead atoms. The Morgan fingerprint density at radius 3 is 2.07 bits per heavy atom. The van der Waals surface area contributed by atoms with Gasteiger partial charge in [0, 0.05) is 0 Å². The lowest BCUT2D eigenvalue weighted by Crippen LogP contribution is -2.20. The summed E-state index contributed by atoms with van der Waals surface area (Å²) >= 11 is 0. The van der Waals surface area contributed by atoms with Gasteiger partial charge in [-0.2, -0.15) is 13.2 Å². The second kappa shape index (κ2) is 3.46. The first kappa shape index (κ1) is 11.9. The van der Waals surface area contributed by atoms with Crippen molar-refractivity contribution >= 4 is 10.0 Å². The Bertz CT molecular complexity index is 480. The van der Waals surface area contributed by atoms with Crippen molar-refractivity contribution in [2.75, 3.05) is 0 Å². The lowest BCUT2D eigenvalue weighted by atomic mass is 10.2. The van der Waals surface area contributed by atoms with Crippen LogP contribution < -0.4 is 5.14 Å². The molecule has 0 atom stereocenters. The molecule has 0 aliphatic carbocycles. The molecule has 0 heterocycles. The SMILES string of the molecule is NS(=O)(=O)c1c(F)cccc1C(F)(F)F. The summed E-state index contributed by atoms with van der Waals surface area (Å²) in [7, 11) is -4.74. The fourth-order valence-corrected chi connectivity index (χ4v) is 1.85. The molecule has 3 nitrogen and oxygen atoms in total. The van der Waals surface area contributed by atoms with Crippen molar-refractivity contribution < 1.29 is 26.0 Å². The van der Waals surface area contributed by atoms with Gasteiger partial charge in [-0.05, 0) is 12.1 Å². The molecule has 0 saturated carbocycles. The van der Waals surface area contributed by atoms with E-state index in [1.807, 2.05) is 0 Å². The quantitative estimate of drug-likeness (QED) is 0.759. The maximum atomic E-state index is 12.9. The van der Waals surface area contributed by atoms with Crippen molar-refractivity contribution in [2.24, 2.45) is 5.14 Å². The van der Waals surface area contributed by atoms with E-state index in [1.54, 1.807) is 0 Å². The predicted molar refractivity (Wildman–Crippen MR) is 42.8 cm³/mol. The molecule has 1 aromatic rings. The van der Waals surface area contributed by atoms with Gasteiger partial charge in [0.05, 0.1) is 5.56 Å². The Hall–Kier alpha value is -1.15. The largest absolute Gasteiger partial charge is 0.417 e. The van der Waals surface area contributed by atoms with Gasteiger partial charge in [0.1, 0.15) is 10.7 Å². The number of hydrogen-bond donors (Lipinski definition) is 1. The fraction of sp³-hybridized carbons (Fsp3) is 0.143. The van der Waals surface area contributed by atoms with Crippen molar-refractivity contribution in [1.82, 2.24) is 0 Å². The summed E-state index contributed by atoms with van der Waals surface area (Å²) in [6.45, 7) is 0. The zero-order chi connectivity index (χ0) is 11.9. The Morgan fingerprint density at radius 1 is 1.20 bits per heavy atom. The van der Waals surface area contributed by atoms with E-state index in [0.29, 0.717) is 12.1 Å². The molecule has 0 aromatic heterocycles. The van der Waals surface area contributed by atoms with Crippen molar-refractivity contribution in [3.05, 3.63) is 29.6 Å². The molecule has 0 radical (unpaired) electrons. The van der Waals surface area contributed by atoms with Crippen LogP contribution in [-0.2, 0) is 16.2 Å². The van der Waals surface area contributed by atoms with Crippen LogP contribution in [0.1, 0.15) is 5.56 Å². The van der Waals surface area contributed by atoms with Crippen molar-refractivity contribution in [1.29, 1.82) is 0 Å². The first-order valence-electron chi connectivity index (χ1n) is 3.52. The van der Waals surface area contributed by atoms with Gasteiger partial charge in [-0.15, -0.1) is 0 Å². The monoisotopic (exact) mass is 243 g/mol. The summed E-state index contributed by atoms with van der Waals surface area (Å²) in [5.74, 6) is -1.52. The minimum absolute atomic E-state index is 0.447. The fourth-order valence-electron chi connectivity index (χ4n) is 1.02. The van der Waals surface area contributed by atoms with Crippen LogP contribution in [-0.4, -0.2) is 8.42 Å². The normalized spacial score (nSPS) is 12.9. The van der Waals surface area contributed by atoms with Crippen LogP contribution in [0.25, 0.3) is 0 Å². The molecule has 0 saturated heterocycles. The number of sulfonamides is 1. The maximum absolute atomic E-state index is 12.9. The van der Waals surface area contributed by atoms with Crippen LogP contribution in [0.3, 0.4) is 0 Å². The van der Waals surface area contributed by atoms with E-state index in [4.69, 9.17) is 0 Å². The van der Waals surface area contributed by atoms with Gasteiger partial charge in [0.2, 0.25) is 10.0 Å². The maximum Gasteiger partial charge on any atom is 0.417 e. The molecule has 0 aliphatic rings. The van der Waals surface area contributed by atoms with E-state index in [-0.39, 0.29) is 0 Å². The van der Waals surface area contributed by atoms with Crippen LogP contribution in [0.15, 0.2) is 23.1 Å². The number of nitrogens with two attached hydrogens (primary N) is 1. The smallest absolute Gasteiger partial charge is 0.225 e. The number of rotatable bonds is 1. The van der Waals surface area contributed by atoms with Gasteiger partial charge in [0.25, 0.3) is 0 Å². The Morgan fingerprint density at radius 2 is 1.73 bits per heavy atom. The van der Waals surface area contributed by atoms with E-state index < -0.39 is 32.5 Å². The molecule has 8 heteroatoms. The molecule has 0 amide bonds. The van der Waals surface area contributed by atoms with Crippen molar-refractivity contribution in [2.45, 2.75) is 11.1 Å². The van der Waals surface area contributed by atoms with Crippen LogP contribution in [0.5, 0.6) is 0 Å². The van der Waals surface area contributed by atoms with Gasteiger partial charge < -0.3 is 0 Å². The zero-order valence-electron chi connectivity index (χ0n) is 7.05. The Kier molecular flexibility index (Phi) is 2.75. The highest BCUT2D eigenvalue weighted by molar-refractivity contribution is 7.89. The molecule has 0 aliphatic heterocycles. The molecule has 0 unspecified atom stereocenters. The van der Waals surface area contributed by atoms with Gasteiger partial charge >= 0.3 is 6.18 Å². The van der Waals surface area contributed by atoms with Gasteiger partial charge in [-0.3, -0.25) is 0 Å². The predicted octanol–water partition coefficient (Wildman–Crippen LogP) is 1.49. The number of hydrogen-bond acceptors (Lipinski definition) is 2. The molecule has 1 rings (SSSR count). The minimum atomic E-state index is -4.97. The third-order valence-corrected chi connectivity index (χ3v) is 2.54. The molecule has 0 spiro atoms. The summed E-state index contributed by atoms with van der Waals surface area (Å²) < 4.78 is 71.3. The van der Waals surface area contributed by atoms with Gasteiger partial charge in [0.15, 0.2) is 0 Å². The standard InChI is InChI=1S/C7H5F4NO2S/c8-5-3-1-2-4(7(9,10)11)6(5)15(12,13)14/h1-3H,(H2,12,13,14). The Labute approximate surface area is 82.6 Å². The van der Waals surface area contributed by atoms with Crippen LogP contribution >= 0.6 is 0 Å². The molecule has 1 aromatic carbocycles. The molecule has 15 heavy (non-hydrogen) atoms. The van der Waals surface area contributed by atoms with E-state index in [1.165, 1.54) is 0 Å². The average molecular weight is 243 g/mol. The highest BCUT2D eigenvalue weighted by Gasteiger charge is 2.37. The first-order valence-corrected chi connectivity index (χ1v) is 5.07. The van der Waals surface area contributed by atoms with Crippen molar-refractivity contribution in [3.8, 4) is 0 Å². The number of halogens is 4. The van der Waals surface area contributed by atoms with E-state index in [0.717, 1.165) is 6.07 Å². The van der Waals surface area contributed by atoms with Crippen molar-refractivity contribution in [3.63, 3.8) is 0 Å². The zero-order valence-corrected chi connectivity index (χ0v) is 7.86. The highest BCUT2D eigenvalue weighted by atomic mass is 32.2. The number of alkyl halides is 3. The average Bonchev–Trinajstić information content (AvgIpc) is 1.99. The van der Waals surface area contributed by atoms with E-state index in [9.17, 15) is 26.0 Å². The number of benzene rings is 1. The molecule has 0 fully saturated rings. The minimum Gasteiger partial charge on any atom is -0.225 e. The summed E-state index contributed by atoms with van der Waals surface area (Å²) in [5.41, 5.74) is -1.61. The third kappa shape index (κ3) is 2.45. The molecule has 2 N–H and O–H groups in total. The van der Waals surface area contributed by atoms with Crippen LogP contribution in [0.2, 0.25) is 0 Å². The number of primary sulfonamides is 1. The van der Waals surface area contributed by atoms with Crippen LogP contribution in [0, 0.1) is 5.82 Å².